The van der Waals surface area contributed by atoms with Crippen LogP contribution in [0.2, 0.25) is 0 Å². The smallest absolute Gasteiger partial charge is 0.165 e. The van der Waals surface area contributed by atoms with Crippen molar-refractivity contribution in [1.29, 1.82) is 1.28 Å². The Kier molecular flexibility index (Phi) is 11.9. The summed E-state index contributed by atoms with van der Waals surface area (Å²) < 4.78 is 5.46. The first-order valence-electron chi connectivity index (χ1n) is 1.10. The summed E-state index contributed by atoms with van der Waals surface area (Å²) in [5, 5.41) is 0. The van der Waals surface area contributed by atoms with Gasteiger partial charge in [-0.05, 0) is 3.15 Å². The van der Waals surface area contributed by atoms with Crippen molar-refractivity contribution in [3.63, 3.8) is 0 Å². The molecule has 0 fully saturated rings. The Morgan fingerprint density at radius 3 is 1.80 bits per heavy atom. The minimum atomic E-state index is -1.45. The number of hydrogen-bond donors (Lipinski definition) is 0. The minimum absolute atomic E-state index is 0. The summed E-state index contributed by atoms with van der Waals surface area (Å²) in [5.74, 6) is 0. The van der Waals surface area contributed by atoms with E-state index in [9.17, 15) is 0 Å². The van der Waals surface area contributed by atoms with Crippen LogP contribution in [0, 0.1) is 46.6 Å². The number of hydrogen-bond acceptors (Lipinski definition) is 0. The molecule has 0 aromatic rings. The molecule has 0 N–H and O–H groups in total. The molecular formula is CH3I2PTh. The first-order chi connectivity index (χ1) is 2.00. The average Bonchev–Trinajstić information content (AvgIpc) is 0.722. The van der Waals surface area contributed by atoms with Crippen LogP contribution in [0.3, 0.4) is 0 Å². The van der Waals surface area contributed by atoms with Crippen molar-refractivity contribution >= 4 is 47.2 Å². The van der Waals surface area contributed by atoms with Crippen LogP contribution < -0.4 is 0 Å². The molecule has 0 nitrogen and oxygen atoms in total. The van der Waals surface area contributed by atoms with Gasteiger partial charge < -0.3 is 0 Å². The third-order valence-corrected chi connectivity index (χ3v) is 0. The zero-order valence-electron chi connectivity index (χ0n) is 3.41. The maximum Gasteiger partial charge on any atom is 0.254 e. The van der Waals surface area contributed by atoms with Gasteiger partial charge in [-0.3, -0.25) is 0 Å². The van der Waals surface area contributed by atoms with Gasteiger partial charge in [0.05, 0.1) is 0 Å². The molecule has 5 heavy (non-hydrogen) atoms. The second-order valence-corrected chi connectivity index (χ2v) is 13.4. The molecular weight excluding hydrogens is 529 g/mol. The van der Waals surface area contributed by atoms with E-state index in [1.807, 2.05) is 44.1 Å². The third-order valence-electron chi connectivity index (χ3n) is 0. The van der Waals surface area contributed by atoms with Crippen LogP contribution in [0.4, 0.5) is 0 Å². The van der Waals surface area contributed by atoms with Gasteiger partial charge in [0.15, 0.2) is 0 Å². The maximum absolute atomic E-state index is 6.91. The monoisotopic (exact) mass is 534 g/mol. The predicted octanol–water partition coefficient (Wildman–Crippen LogP) is 2.69. The predicted molar refractivity (Wildman–Crippen MR) is 41.7 cm³/mol. The molecule has 0 saturated carbocycles. The van der Waals surface area contributed by atoms with E-state index >= 15 is 0 Å². The molecule has 4 heteroatoms. The van der Waals surface area contributed by atoms with Gasteiger partial charge in [0.25, 0.3) is 1.28 Å². The summed E-state index contributed by atoms with van der Waals surface area (Å²) in [4.78, 5) is 0. The van der Waals surface area contributed by atoms with Crippen LogP contribution >= 0.6 is 47.2 Å². The van der Waals surface area contributed by atoms with E-state index in [1.54, 1.807) is 0 Å². The molecule has 0 aliphatic heterocycles. The fourth-order valence-corrected chi connectivity index (χ4v) is 0. The van der Waals surface area contributed by atoms with Crippen LogP contribution in [0.5, 0.6) is 0 Å². The summed E-state index contributed by atoms with van der Waals surface area (Å²) in [6, 6.07) is 0. The maximum atomic E-state index is 6.91. The second-order valence-electron chi connectivity index (χ2n) is 0.303. The molecule has 0 bridgehead atoms. The Hall–Kier alpha value is 3.21. The van der Waals surface area contributed by atoms with E-state index in [0.717, 1.165) is 0 Å². The Labute approximate surface area is 92.9 Å². The van der Waals surface area contributed by atoms with Gasteiger partial charge in [-0.25, -0.2) is 0 Å². The number of rotatable bonds is 0. The van der Waals surface area contributed by atoms with Crippen molar-refractivity contribution < 1.29 is 39.9 Å². The zero-order chi connectivity index (χ0) is 4.50. The SMILES string of the molecule is [3H][P+]([CH2-])(I)I.[Th]. The number of halogens is 2. The zero-order valence-corrected chi connectivity index (χ0v) is 11.7. The molecule has 30 valence electrons. The van der Waals surface area contributed by atoms with Gasteiger partial charge in [0, 0.05) is 39.9 Å². The Morgan fingerprint density at radius 2 is 1.80 bits per heavy atom. The van der Waals surface area contributed by atoms with Gasteiger partial charge in [0.1, 0.15) is 44.1 Å². The standard InChI is InChI=1S/CH3I2P.Th/c1-4(2)3;/h4H,1H2;/i4T;. The summed E-state index contributed by atoms with van der Waals surface area (Å²) in [7, 11) is 0. The first kappa shape index (κ1) is 8.21. The van der Waals surface area contributed by atoms with Gasteiger partial charge >= 0.3 is 0 Å². The molecule has 0 spiro atoms. The molecule has 0 rings (SSSR count). The van der Waals surface area contributed by atoms with E-state index in [0.29, 0.717) is 0 Å². The van der Waals surface area contributed by atoms with Crippen LogP contribution in [0.15, 0.2) is 0 Å². The molecule has 0 saturated heterocycles. The van der Waals surface area contributed by atoms with Crippen LogP contribution in [0.1, 0.15) is 0 Å². The van der Waals surface area contributed by atoms with E-state index in [4.69, 9.17) is 1.28 Å². The van der Waals surface area contributed by atoms with E-state index in [-0.39, 0.29) is 39.9 Å². The molecule has 0 radical (unpaired) electrons. The summed E-state index contributed by atoms with van der Waals surface area (Å²) in [6.45, 7) is 3.52. The normalized spacial score (nSPS) is 12.2. The van der Waals surface area contributed by atoms with Crippen molar-refractivity contribution in [3.05, 3.63) is 6.66 Å². The van der Waals surface area contributed by atoms with Crippen molar-refractivity contribution in [1.82, 2.24) is 0 Å². The van der Waals surface area contributed by atoms with Gasteiger partial charge in [-0.2, -0.15) is 6.66 Å². The second kappa shape index (κ2) is 7.21. The molecule has 0 aromatic carbocycles. The topological polar surface area (TPSA) is 0 Å². The molecule has 0 aliphatic carbocycles. The van der Waals surface area contributed by atoms with E-state index in [2.05, 4.69) is 6.66 Å². The molecule has 0 atom stereocenters. The van der Waals surface area contributed by atoms with Crippen LogP contribution in [0.25, 0.3) is 0 Å². The van der Waals surface area contributed by atoms with Gasteiger partial charge in [-0.1, -0.05) is 0 Å². The first-order valence-corrected chi connectivity index (χ1v) is 7.75. The fourth-order valence-electron chi connectivity index (χ4n) is 0. The summed E-state index contributed by atoms with van der Waals surface area (Å²) in [5.41, 5.74) is 0. The Balaban J connectivity index is 0. The summed E-state index contributed by atoms with van der Waals surface area (Å²) >= 11 is 4.06. The molecule has 0 amide bonds. The van der Waals surface area contributed by atoms with E-state index in [1.165, 1.54) is 0 Å². The molecule has 0 heterocycles. The Bertz CT molecular complexity index is 29.0. The Morgan fingerprint density at radius 1 is 1.80 bits per heavy atom. The van der Waals surface area contributed by atoms with Gasteiger partial charge in [0.2, 0.25) is 0 Å². The molecule has 0 aromatic heterocycles. The fraction of sp³-hybridized carbons (Fsp3) is 0. The molecule has 0 aliphatic rings. The van der Waals surface area contributed by atoms with Crippen molar-refractivity contribution in [2.75, 3.05) is 0 Å². The quantitative estimate of drug-likeness (QED) is 0.255. The molecule has 0 unspecified atom stereocenters. The van der Waals surface area contributed by atoms with Gasteiger partial charge in [-0.15, -0.1) is 0 Å². The van der Waals surface area contributed by atoms with Crippen molar-refractivity contribution in [3.8, 4) is 0 Å². The van der Waals surface area contributed by atoms with Crippen LogP contribution in [-0.2, 0) is 0 Å². The minimum Gasteiger partial charge on any atom is -0.165 e. The van der Waals surface area contributed by atoms with E-state index < -0.39 is 3.15 Å². The van der Waals surface area contributed by atoms with Crippen molar-refractivity contribution in [2.24, 2.45) is 0 Å². The average molecular weight is 534 g/mol. The van der Waals surface area contributed by atoms with Crippen LogP contribution in [-0.4, -0.2) is 1.28 Å². The summed E-state index contributed by atoms with van der Waals surface area (Å²) in [6.07, 6.45) is 0. The third kappa shape index (κ3) is 19.0. The van der Waals surface area contributed by atoms with Crippen molar-refractivity contribution in [2.45, 2.75) is 0 Å². The largest absolute Gasteiger partial charge is 0.254 e.